The molecule has 0 radical (unpaired) electrons. The van der Waals surface area contributed by atoms with Crippen LogP contribution in [0.4, 0.5) is 4.79 Å². The lowest BCUT2D eigenvalue weighted by Gasteiger charge is -2.32. The van der Waals surface area contributed by atoms with E-state index >= 15 is 0 Å². The minimum absolute atomic E-state index is 0.210. The van der Waals surface area contributed by atoms with Crippen LogP contribution in [0.2, 0.25) is 0 Å². The summed E-state index contributed by atoms with van der Waals surface area (Å²) >= 11 is 3.57. The SMILES string of the molecule is CNC(=O)c1nc(C2(c3cccc(Br)c3)CC2)c2n1CCN(C(=O)OC(C)(C)C)C2. The van der Waals surface area contributed by atoms with E-state index in [4.69, 9.17) is 9.72 Å². The van der Waals surface area contributed by atoms with Gasteiger partial charge in [0.05, 0.1) is 17.9 Å². The summed E-state index contributed by atoms with van der Waals surface area (Å²) < 4.78 is 8.56. The molecule has 0 spiro atoms. The number of halogens is 1. The number of hydrogen-bond acceptors (Lipinski definition) is 4. The molecule has 7 nitrogen and oxygen atoms in total. The van der Waals surface area contributed by atoms with Crippen LogP contribution in [0.15, 0.2) is 28.7 Å². The lowest BCUT2D eigenvalue weighted by Crippen LogP contribution is -2.42. The number of nitrogens with one attached hydrogen (secondary N) is 1. The molecule has 0 saturated heterocycles. The minimum Gasteiger partial charge on any atom is -0.444 e. The van der Waals surface area contributed by atoms with Crippen molar-refractivity contribution in [2.24, 2.45) is 0 Å². The first kappa shape index (κ1) is 20.9. The summed E-state index contributed by atoms with van der Waals surface area (Å²) in [5.41, 5.74) is 2.22. The summed E-state index contributed by atoms with van der Waals surface area (Å²) in [6, 6.07) is 8.25. The number of amides is 2. The topological polar surface area (TPSA) is 76.5 Å². The highest BCUT2D eigenvalue weighted by atomic mass is 79.9. The third-order valence-corrected chi connectivity index (χ3v) is 6.16. The van der Waals surface area contributed by atoms with Crippen LogP contribution in [0.3, 0.4) is 0 Å². The van der Waals surface area contributed by atoms with Gasteiger partial charge in [0, 0.05) is 30.0 Å². The van der Waals surface area contributed by atoms with Gasteiger partial charge in [0.1, 0.15) is 5.60 Å². The van der Waals surface area contributed by atoms with Crippen molar-refractivity contribution in [2.75, 3.05) is 13.6 Å². The van der Waals surface area contributed by atoms with Gasteiger partial charge in [0.2, 0.25) is 0 Å². The van der Waals surface area contributed by atoms with Crippen LogP contribution in [-0.2, 0) is 23.2 Å². The summed E-state index contributed by atoms with van der Waals surface area (Å²) in [5.74, 6) is 0.200. The quantitative estimate of drug-likeness (QED) is 0.732. The second-order valence-corrected chi connectivity index (χ2v) is 9.87. The molecule has 0 bridgehead atoms. The number of hydrogen-bond donors (Lipinski definition) is 1. The van der Waals surface area contributed by atoms with Crippen molar-refractivity contribution in [3.05, 3.63) is 51.5 Å². The molecule has 30 heavy (non-hydrogen) atoms. The Hall–Kier alpha value is -2.35. The first-order chi connectivity index (χ1) is 14.1. The first-order valence-electron chi connectivity index (χ1n) is 10.2. The zero-order chi connectivity index (χ0) is 21.7. The van der Waals surface area contributed by atoms with Gasteiger partial charge in [-0.05, 0) is 51.3 Å². The smallest absolute Gasteiger partial charge is 0.410 e. The molecular weight excluding hydrogens is 448 g/mol. The Balaban J connectivity index is 1.75. The van der Waals surface area contributed by atoms with Crippen LogP contribution in [0.1, 0.15) is 61.2 Å². The van der Waals surface area contributed by atoms with E-state index in [9.17, 15) is 9.59 Å². The monoisotopic (exact) mass is 474 g/mol. The molecule has 2 aromatic rings. The highest BCUT2D eigenvalue weighted by molar-refractivity contribution is 9.10. The fourth-order valence-corrected chi connectivity index (χ4v) is 4.49. The van der Waals surface area contributed by atoms with E-state index in [1.807, 2.05) is 37.5 Å². The van der Waals surface area contributed by atoms with Gasteiger partial charge in [-0.25, -0.2) is 9.78 Å². The molecule has 1 aliphatic heterocycles. The van der Waals surface area contributed by atoms with Crippen LogP contribution in [-0.4, -0.2) is 45.6 Å². The van der Waals surface area contributed by atoms with Crippen LogP contribution in [0.25, 0.3) is 0 Å². The minimum atomic E-state index is -0.557. The Morgan fingerprint density at radius 3 is 2.57 bits per heavy atom. The summed E-state index contributed by atoms with van der Waals surface area (Å²) in [6.07, 6.45) is 1.59. The van der Waals surface area contributed by atoms with Crippen LogP contribution >= 0.6 is 15.9 Å². The van der Waals surface area contributed by atoms with E-state index in [0.29, 0.717) is 25.5 Å². The van der Waals surface area contributed by atoms with Crippen molar-refractivity contribution >= 4 is 27.9 Å². The molecule has 1 N–H and O–H groups in total. The molecule has 4 rings (SSSR count). The Labute approximate surface area is 184 Å². The van der Waals surface area contributed by atoms with Crippen molar-refractivity contribution in [1.82, 2.24) is 19.8 Å². The second kappa shape index (κ2) is 7.41. The molecule has 0 atom stereocenters. The number of carbonyl (C=O) groups is 2. The number of aromatic nitrogens is 2. The van der Waals surface area contributed by atoms with Crippen molar-refractivity contribution in [3.8, 4) is 0 Å². The van der Waals surface area contributed by atoms with E-state index in [1.165, 1.54) is 5.56 Å². The van der Waals surface area contributed by atoms with Crippen LogP contribution in [0.5, 0.6) is 0 Å². The fraction of sp³-hybridized carbons (Fsp3) is 0.500. The van der Waals surface area contributed by atoms with Crippen molar-refractivity contribution < 1.29 is 14.3 Å². The highest BCUT2D eigenvalue weighted by Gasteiger charge is 2.51. The molecule has 2 heterocycles. The van der Waals surface area contributed by atoms with Gasteiger partial charge in [-0.2, -0.15) is 0 Å². The first-order valence-corrected chi connectivity index (χ1v) is 11.0. The predicted molar refractivity (Wildman–Crippen MR) is 116 cm³/mol. The van der Waals surface area contributed by atoms with Gasteiger partial charge in [0.15, 0.2) is 5.82 Å². The number of ether oxygens (including phenoxy) is 1. The van der Waals surface area contributed by atoms with E-state index in [-0.39, 0.29) is 17.4 Å². The van der Waals surface area contributed by atoms with Gasteiger partial charge < -0.3 is 19.5 Å². The largest absolute Gasteiger partial charge is 0.444 e. The summed E-state index contributed by atoms with van der Waals surface area (Å²) in [7, 11) is 1.61. The zero-order valence-electron chi connectivity index (χ0n) is 17.8. The molecule has 2 aliphatic rings. The molecule has 2 amide bonds. The van der Waals surface area contributed by atoms with Crippen molar-refractivity contribution in [3.63, 3.8) is 0 Å². The number of fused-ring (bicyclic) bond motifs is 1. The van der Waals surface area contributed by atoms with Gasteiger partial charge in [-0.15, -0.1) is 0 Å². The Kier molecular flexibility index (Phi) is 5.16. The van der Waals surface area contributed by atoms with Gasteiger partial charge in [0.25, 0.3) is 5.91 Å². The van der Waals surface area contributed by atoms with Gasteiger partial charge >= 0.3 is 6.09 Å². The second-order valence-electron chi connectivity index (χ2n) is 8.96. The molecule has 1 fully saturated rings. The number of carbonyl (C=O) groups excluding carboxylic acids is 2. The van der Waals surface area contributed by atoms with Crippen LogP contribution in [0, 0.1) is 0 Å². The lowest BCUT2D eigenvalue weighted by molar-refractivity contribution is 0.0197. The van der Waals surface area contributed by atoms with Gasteiger partial charge in [-0.1, -0.05) is 28.1 Å². The predicted octanol–water partition coefficient (Wildman–Crippen LogP) is 3.84. The van der Waals surface area contributed by atoms with Gasteiger partial charge in [-0.3, -0.25) is 4.79 Å². The molecule has 1 saturated carbocycles. The van der Waals surface area contributed by atoms with E-state index in [1.54, 1.807) is 11.9 Å². The van der Waals surface area contributed by atoms with E-state index < -0.39 is 5.60 Å². The fourth-order valence-electron chi connectivity index (χ4n) is 4.09. The maximum atomic E-state index is 12.7. The number of rotatable bonds is 3. The zero-order valence-corrected chi connectivity index (χ0v) is 19.4. The highest BCUT2D eigenvalue weighted by Crippen LogP contribution is 2.54. The van der Waals surface area contributed by atoms with E-state index in [2.05, 4.69) is 33.4 Å². The molecule has 160 valence electrons. The maximum Gasteiger partial charge on any atom is 0.410 e. The summed E-state index contributed by atoms with van der Waals surface area (Å²) in [4.78, 5) is 31.8. The van der Waals surface area contributed by atoms with Crippen molar-refractivity contribution in [2.45, 2.75) is 57.7 Å². The third kappa shape index (κ3) is 3.73. The Morgan fingerprint density at radius 1 is 1.23 bits per heavy atom. The third-order valence-electron chi connectivity index (χ3n) is 5.67. The normalized spacial score (nSPS) is 17.3. The standard InChI is InChI=1S/C22H27BrN4O3/c1-21(2,3)30-20(29)26-10-11-27-16(13-26)17(25-18(27)19(28)24-4)22(8-9-22)14-6-5-7-15(23)12-14/h5-7,12H,8-11,13H2,1-4H3,(H,24,28). The molecular formula is C22H27BrN4O3. The molecule has 1 aliphatic carbocycles. The summed E-state index contributed by atoms with van der Waals surface area (Å²) in [6.45, 7) is 6.95. The number of imidazole rings is 1. The molecule has 0 unspecified atom stereocenters. The average Bonchev–Trinajstić information content (AvgIpc) is 3.40. The number of nitrogens with zero attached hydrogens (tertiary/aromatic N) is 3. The number of benzene rings is 1. The molecule has 8 heteroatoms. The Bertz CT molecular complexity index is 1000. The molecule has 1 aromatic heterocycles. The average molecular weight is 475 g/mol. The lowest BCUT2D eigenvalue weighted by atomic mass is 9.91. The Morgan fingerprint density at radius 2 is 1.97 bits per heavy atom. The summed E-state index contributed by atoms with van der Waals surface area (Å²) in [5, 5.41) is 2.70. The van der Waals surface area contributed by atoms with Crippen LogP contribution < -0.4 is 5.32 Å². The molecule has 1 aromatic carbocycles. The van der Waals surface area contributed by atoms with E-state index in [0.717, 1.165) is 28.7 Å². The van der Waals surface area contributed by atoms with Crippen molar-refractivity contribution in [1.29, 1.82) is 0 Å². The maximum absolute atomic E-state index is 12.7.